The smallest absolute Gasteiger partial charge is 0.462 e. The van der Waals surface area contributed by atoms with Gasteiger partial charge in [-0.2, -0.15) is 0 Å². The number of ether oxygens (including phenoxy) is 4. The van der Waals surface area contributed by atoms with Crippen molar-refractivity contribution >= 4 is 39.5 Å². The molecule has 0 saturated heterocycles. The summed E-state index contributed by atoms with van der Waals surface area (Å²) in [5.74, 6) is 0.750. The molecule has 0 aromatic rings. The first kappa shape index (κ1) is 86.1. The van der Waals surface area contributed by atoms with Gasteiger partial charge in [0.15, 0.2) is 12.2 Å². The lowest BCUT2D eigenvalue weighted by molar-refractivity contribution is -0.161. The zero-order valence-corrected chi connectivity index (χ0v) is 59.1. The van der Waals surface area contributed by atoms with E-state index in [0.717, 1.165) is 115 Å². The summed E-state index contributed by atoms with van der Waals surface area (Å²) in [5.41, 5.74) is 0. The maximum Gasteiger partial charge on any atom is 0.472 e. The molecule has 17 nitrogen and oxygen atoms in total. The van der Waals surface area contributed by atoms with Gasteiger partial charge in [-0.1, -0.05) is 287 Å². The first-order chi connectivity index (χ1) is 42.1. The van der Waals surface area contributed by atoms with Gasteiger partial charge in [-0.25, -0.2) is 9.13 Å². The number of esters is 4. The van der Waals surface area contributed by atoms with E-state index in [0.29, 0.717) is 37.5 Å². The number of carbonyl (C=O) groups excluding carboxylic acids is 4. The predicted molar refractivity (Wildman–Crippen MR) is 354 cm³/mol. The summed E-state index contributed by atoms with van der Waals surface area (Å²) >= 11 is 0. The van der Waals surface area contributed by atoms with Gasteiger partial charge in [-0.3, -0.25) is 37.3 Å². The Morgan fingerprint density at radius 3 is 0.705 bits per heavy atom. The molecule has 0 rings (SSSR count). The standard InChI is InChI=1S/C69H134O17P2/c1-59(2)45-37-29-21-17-15-13-11-9-10-12-14-16-18-23-35-43-51-68(73)85-64(55-79-66(71)49-41-33-27-25-31-39-47-61(5)6)57-83-87(75,76)81-53-63(70)54-82-88(77,78)84-58-65(56-80-67(72)50-42-34-28-26-32-40-48-62(7)8)86-69(74)52-44-36-24-20-19-22-30-38-46-60(3)4/h59-65,70H,9-58H2,1-8H3,(H,75,76)(H,77,78)/t63-,64-,65-/m1/s1. The largest absolute Gasteiger partial charge is 0.472 e. The van der Waals surface area contributed by atoms with Crippen LogP contribution in [0.3, 0.4) is 0 Å². The Morgan fingerprint density at radius 2 is 0.477 bits per heavy atom. The van der Waals surface area contributed by atoms with Gasteiger partial charge < -0.3 is 33.8 Å². The van der Waals surface area contributed by atoms with Crippen molar-refractivity contribution in [3.63, 3.8) is 0 Å². The predicted octanol–water partition coefficient (Wildman–Crippen LogP) is 19.3. The fourth-order valence-electron chi connectivity index (χ4n) is 10.3. The number of aliphatic hydroxyl groups is 1. The highest BCUT2D eigenvalue weighted by Gasteiger charge is 2.30. The van der Waals surface area contributed by atoms with Crippen LogP contribution >= 0.6 is 15.6 Å². The summed E-state index contributed by atoms with van der Waals surface area (Å²) in [6, 6.07) is 0. The minimum atomic E-state index is -4.95. The Hall–Kier alpha value is -1.94. The topological polar surface area (TPSA) is 237 Å². The number of phosphoric ester groups is 2. The monoisotopic (exact) mass is 1300 g/mol. The number of carbonyl (C=O) groups is 4. The van der Waals surface area contributed by atoms with Crippen LogP contribution in [0.2, 0.25) is 0 Å². The second-order valence-electron chi connectivity index (χ2n) is 26.8. The summed E-state index contributed by atoms with van der Waals surface area (Å²) in [4.78, 5) is 72.4. The number of hydrogen-bond acceptors (Lipinski definition) is 15. The average Bonchev–Trinajstić information content (AvgIpc) is 3.63. The quantitative estimate of drug-likeness (QED) is 0.0222. The normalized spacial score (nSPS) is 14.3. The van der Waals surface area contributed by atoms with Crippen molar-refractivity contribution < 1.29 is 80.2 Å². The van der Waals surface area contributed by atoms with Crippen LogP contribution < -0.4 is 0 Å². The van der Waals surface area contributed by atoms with Crippen molar-refractivity contribution in [3.05, 3.63) is 0 Å². The van der Waals surface area contributed by atoms with E-state index in [1.807, 2.05) is 0 Å². The van der Waals surface area contributed by atoms with Crippen LogP contribution in [0.25, 0.3) is 0 Å². The van der Waals surface area contributed by atoms with E-state index in [1.54, 1.807) is 0 Å². The molecule has 0 spiro atoms. The molecule has 88 heavy (non-hydrogen) atoms. The SMILES string of the molecule is CC(C)CCCCCCCCCCCCCCCCCCC(=O)O[C@H](COC(=O)CCCCCCCCC(C)C)COP(=O)(O)OC[C@@H](O)COP(=O)(O)OC[C@@H](COC(=O)CCCCCCCCC(C)C)OC(=O)CCCCCCCCCCC(C)C. The lowest BCUT2D eigenvalue weighted by atomic mass is 10.0. The van der Waals surface area contributed by atoms with Crippen LogP contribution in [-0.2, 0) is 65.4 Å². The molecule has 0 aliphatic rings. The van der Waals surface area contributed by atoms with Crippen LogP contribution in [0.15, 0.2) is 0 Å². The number of unbranched alkanes of at least 4 members (excludes halogenated alkanes) is 32. The van der Waals surface area contributed by atoms with E-state index < -0.39 is 97.5 Å². The van der Waals surface area contributed by atoms with E-state index in [9.17, 15) is 43.2 Å². The fraction of sp³-hybridized carbons (Fsp3) is 0.942. The van der Waals surface area contributed by atoms with Crippen molar-refractivity contribution in [1.29, 1.82) is 0 Å². The van der Waals surface area contributed by atoms with Crippen molar-refractivity contribution in [2.75, 3.05) is 39.6 Å². The highest BCUT2D eigenvalue weighted by atomic mass is 31.2. The van der Waals surface area contributed by atoms with E-state index in [4.69, 9.17) is 37.0 Å². The maximum absolute atomic E-state index is 13.0. The molecule has 0 saturated carbocycles. The minimum absolute atomic E-state index is 0.103. The highest BCUT2D eigenvalue weighted by molar-refractivity contribution is 7.47. The lowest BCUT2D eigenvalue weighted by Crippen LogP contribution is -2.30. The number of hydrogen-bond donors (Lipinski definition) is 3. The third kappa shape index (κ3) is 62.8. The third-order valence-corrected chi connectivity index (χ3v) is 17.7. The van der Waals surface area contributed by atoms with E-state index >= 15 is 0 Å². The molecule has 3 N–H and O–H groups in total. The van der Waals surface area contributed by atoms with Crippen LogP contribution in [0.4, 0.5) is 0 Å². The molecule has 0 radical (unpaired) electrons. The van der Waals surface area contributed by atoms with Gasteiger partial charge >= 0.3 is 39.5 Å². The van der Waals surface area contributed by atoms with Gasteiger partial charge in [-0.05, 0) is 49.4 Å². The van der Waals surface area contributed by atoms with Crippen molar-refractivity contribution in [2.24, 2.45) is 23.7 Å². The molecule has 0 aliphatic heterocycles. The Labute approximate surface area is 537 Å². The van der Waals surface area contributed by atoms with Crippen LogP contribution in [0.1, 0.15) is 338 Å². The van der Waals surface area contributed by atoms with Gasteiger partial charge in [0.25, 0.3) is 0 Å². The average molecular weight is 1300 g/mol. The zero-order chi connectivity index (χ0) is 65.4. The Balaban J connectivity index is 5.17. The summed E-state index contributed by atoms with van der Waals surface area (Å²) in [7, 11) is -9.90. The first-order valence-corrected chi connectivity index (χ1v) is 38.7. The third-order valence-electron chi connectivity index (χ3n) is 15.8. The van der Waals surface area contributed by atoms with Gasteiger partial charge in [0.2, 0.25) is 0 Å². The number of phosphoric acid groups is 2. The molecule has 522 valence electrons. The Morgan fingerprint density at radius 1 is 0.284 bits per heavy atom. The highest BCUT2D eigenvalue weighted by Crippen LogP contribution is 2.45. The van der Waals surface area contributed by atoms with E-state index in [2.05, 4.69) is 55.4 Å². The van der Waals surface area contributed by atoms with Crippen LogP contribution in [0, 0.1) is 23.7 Å². The maximum atomic E-state index is 13.0. The van der Waals surface area contributed by atoms with Crippen LogP contribution in [0.5, 0.6) is 0 Å². The van der Waals surface area contributed by atoms with Gasteiger partial charge in [0.05, 0.1) is 26.4 Å². The van der Waals surface area contributed by atoms with Crippen LogP contribution in [-0.4, -0.2) is 96.7 Å². The summed E-state index contributed by atoms with van der Waals surface area (Å²) in [5, 5.41) is 10.6. The molecule has 19 heteroatoms. The molecule has 0 aliphatic carbocycles. The second-order valence-corrected chi connectivity index (χ2v) is 29.7. The number of rotatable bonds is 66. The second kappa shape index (κ2) is 58.8. The van der Waals surface area contributed by atoms with Crippen molar-refractivity contribution in [1.82, 2.24) is 0 Å². The summed E-state index contributed by atoms with van der Waals surface area (Å²) < 4.78 is 68.1. The molecule has 0 aromatic heterocycles. The molecule has 0 amide bonds. The first-order valence-electron chi connectivity index (χ1n) is 35.7. The number of aliphatic hydroxyl groups excluding tert-OH is 1. The Kier molecular flexibility index (Phi) is 57.6. The molecule has 0 heterocycles. The van der Waals surface area contributed by atoms with Gasteiger partial charge in [-0.15, -0.1) is 0 Å². The molecule has 0 bridgehead atoms. The zero-order valence-electron chi connectivity index (χ0n) is 57.3. The fourth-order valence-corrected chi connectivity index (χ4v) is 11.9. The van der Waals surface area contributed by atoms with Crippen molar-refractivity contribution in [2.45, 2.75) is 356 Å². The van der Waals surface area contributed by atoms with Gasteiger partial charge in [0.1, 0.15) is 19.3 Å². The van der Waals surface area contributed by atoms with Crippen molar-refractivity contribution in [3.8, 4) is 0 Å². The molecular formula is C69H134O17P2. The Bertz CT molecular complexity index is 1750. The minimum Gasteiger partial charge on any atom is -0.462 e. The van der Waals surface area contributed by atoms with E-state index in [-0.39, 0.29) is 25.7 Å². The molecule has 5 atom stereocenters. The molecular weight excluding hydrogens is 1160 g/mol. The lowest BCUT2D eigenvalue weighted by Gasteiger charge is -2.21. The molecule has 2 unspecified atom stereocenters. The van der Waals surface area contributed by atoms with Gasteiger partial charge in [0, 0.05) is 25.7 Å². The summed E-state index contributed by atoms with van der Waals surface area (Å²) in [6.07, 6.45) is 40.8. The summed E-state index contributed by atoms with van der Waals surface area (Å²) in [6.45, 7) is 14.0. The van der Waals surface area contributed by atoms with E-state index in [1.165, 1.54) is 128 Å². The molecule has 0 aromatic carbocycles. The molecule has 0 fully saturated rings.